The Morgan fingerprint density at radius 1 is 1.26 bits per heavy atom. The third-order valence-corrected chi connectivity index (χ3v) is 7.57. The first-order valence-electron chi connectivity index (χ1n) is 7.99. The number of phenols is 1. The number of aromatic hydroxyl groups is 1. The summed E-state index contributed by atoms with van der Waals surface area (Å²) < 4.78 is 0. The maximum absolute atomic E-state index is 12.7. The molecule has 1 unspecified atom stereocenters. The number of benzene rings is 1. The number of phenolic OH excluding ortho intramolecular Hbond substituents is 1. The third kappa shape index (κ3) is 5.71. The van der Waals surface area contributed by atoms with E-state index in [0.717, 1.165) is 0 Å². The van der Waals surface area contributed by atoms with Crippen molar-refractivity contribution in [3.8, 4) is 5.75 Å². The molecular weight excluding hydrogens is 412 g/mol. The highest BCUT2D eigenvalue weighted by molar-refractivity contribution is 8.76. The van der Waals surface area contributed by atoms with Crippen molar-refractivity contribution in [3.05, 3.63) is 29.8 Å². The molecule has 1 fully saturated rings. The van der Waals surface area contributed by atoms with E-state index in [0.29, 0.717) is 11.3 Å². The number of amides is 1. The molecule has 148 valence electrons. The maximum Gasteiger partial charge on any atom is 0.327 e. The average Bonchev–Trinajstić information content (AvgIpc) is 3.06. The lowest BCUT2D eigenvalue weighted by Crippen LogP contribution is -2.43. The Labute approximate surface area is 168 Å². The summed E-state index contributed by atoms with van der Waals surface area (Å²) in [5.74, 6) is -1.60. The monoisotopic (exact) mass is 432 g/mol. The Hall–Kier alpha value is -1.56. The molecule has 3 atom stereocenters. The van der Waals surface area contributed by atoms with E-state index < -0.39 is 29.4 Å². The van der Waals surface area contributed by atoms with Crippen LogP contribution in [0, 0.1) is 0 Å². The molecule has 1 aromatic carbocycles. The summed E-state index contributed by atoms with van der Waals surface area (Å²) in [5.41, 5.74) is 5.91. The summed E-state index contributed by atoms with van der Waals surface area (Å²) in [6.45, 7) is 0. The van der Waals surface area contributed by atoms with Crippen LogP contribution in [0.5, 0.6) is 5.75 Å². The summed E-state index contributed by atoms with van der Waals surface area (Å²) in [7, 11) is 2.58. The van der Waals surface area contributed by atoms with Crippen LogP contribution < -0.4 is 5.73 Å². The van der Waals surface area contributed by atoms with E-state index >= 15 is 0 Å². The van der Waals surface area contributed by atoms with Crippen molar-refractivity contribution in [1.82, 2.24) is 4.90 Å². The van der Waals surface area contributed by atoms with Gasteiger partial charge in [0.1, 0.15) is 23.2 Å². The van der Waals surface area contributed by atoms with Gasteiger partial charge in [0.2, 0.25) is 5.91 Å². The highest BCUT2D eigenvalue weighted by Gasteiger charge is 2.42. The quantitative estimate of drug-likeness (QED) is 0.336. The van der Waals surface area contributed by atoms with Gasteiger partial charge in [-0.05, 0) is 6.07 Å². The van der Waals surface area contributed by atoms with Crippen molar-refractivity contribution in [1.29, 1.82) is 0 Å². The van der Waals surface area contributed by atoms with Crippen LogP contribution in [-0.2, 0) is 14.4 Å². The van der Waals surface area contributed by atoms with E-state index in [1.54, 1.807) is 18.2 Å². The van der Waals surface area contributed by atoms with Crippen LogP contribution in [0.25, 0.3) is 0 Å². The molecule has 0 spiro atoms. The van der Waals surface area contributed by atoms with Crippen molar-refractivity contribution in [2.75, 3.05) is 17.3 Å². The number of rotatable bonds is 9. The zero-order chi connectivity index (χ0) is 20.0. The van der Waals surface area contributed by atoms with Crippen LogP contribution >= 0.6 is 33.3 Å². The molecule has 0 aliphatic carbocycles. The van der Waals surface area contributed by atoms with Gasteiger partial charge in [0, 0.05) is 29.2 Å². The SMILES string of the molecule is N[C@@H](CSSCCC(=O)N1C(c2ccccc2O)SC[C@H]1C(=O)O)C(=O)O. The molecule has 8 nitrogen and oxygen atoms in total. The Morgan fingerprint density at radius 2 is 1.96 bits per heavy atom. The summed E-state index contributed by atoms with van der Waals surface area (Å²) in [6, 6.07) is 4.65. The first-order valence-corrected chi connectivity index (χ1v) is 11.5. The fourth-order valence-corrected chi connectivity index (χ4v) is 6.01. The molecular formula is C16H20N2O6S3. The smallest absolute Gasteiger partial charge is 0.327 e. The van der Waals surface area contributed by atoms with Gasteiger partial charge >= 0.3 is 11.9 Å². The second-order valence-electron chi connectivity index (χ2n) is 5.70. The molecule has 2 rings (SSSR count). The molecule has 1 aliphatic rings. The van der Waals surface area contributed by atoms with Crippen LogP contribution in [0.15, 0.2) is 24.3 Å². The fourth-order valence-electron chi connectivity index (χ4n) is 2.45. The van der Waals surface area contributed by atoms with Crippen LogP contribution in [0.3, 0.4) is 0 Å². The van der Waals surface area contributed by atoms with Crippen LogP contribution in [-0.4, -0.2) is 67.4 Å². The maximum atomic E-state index is 12.7. The summed E-state index contributed by atoms with van der Waals surface area (Å²) in [4.78, 5) is 36.2. The van der Waals surface area contributed by atoms with E-state index in [9.17, 15) is 24.6 Å². The van der Waals surface area contributed by atoms with Gasteiger partial charge in [-0.25, -0.2) is 4.79 Å². The first kappa shape index (κ1) is 21.7. The lowest BCUT2D eigenvalue weighted by atomic mass is 10.1. The predicted octanol–water partition coefficient (Wildman–Crippen LogP) is 1.60. The molecule has 0 aromatic heterocycles. The van der Waals surface area contributed by atoms with E-state index in [1.807, 2.05) is 0 Å². The van der Waals surface area contributed by atoms with Crippen molar-refractivity contribution in [3.63, 3.8) is 0 Å². The lowest BCUT2D eigenvalue weighted by Gasteiger charge is -2.28. The third-order valence-electron chi connectivity index (χ3n) is 3.82. The lowest BCUT2D eigenvalue weighted by molar-refractivity contribution is -0.149. The Kier molecular flexibility index (Phi) is 8.14. The Balaban J connectivity index is 1.98. The van der Waals surface area contributed by atoms with Crippen LogP contribution in [0.4, 0.5) is 0 Å². The molecule has 0 saturated carbocycles. The van der Waals surface area contributed by atoms with Crippen molar-refractivity contribution >= 4 is 51.2 Å². The number of thioether (sulfide) groups is 1. The molecule has 0 bridgehead atoms. The number of para-hydroxylation sites is 1. The Bertz CT molecular complexity index is 704. The molecule has 1 saturated heterocycles. The number of nitrogens with two attached hydrogens (primary N) is 1. The number of carboxylic acid groups (broad SMARTS) is 2. The largest absolute Gasteiger partial charge is 0.508 e. The second kappa shape index (κ2) is 10.1. The molecule has 1 heterocycles. The van der Waals surface area contributed by atoms with Gasteiger partial charge in [-0.1, -0.05) is 39.8 Å². The minimum Gasteiger partial charge on any atom is -0.508 e. The van der Waals surface area contributed by atoms with Gasteiger partial charge in [-0.15, -0.1) is 11.8 Å². The zero-order valence-corrected chi connectivity index (χ0v) is 16.6. The average molecular weight is 433 g/mol. The van der Waals surface area contributed by atoms with Crippen molar-refractivity contribution in [2.24, 2.45) is 5.73 Å². The second-order valence-corrected chi connectivity index (χ2v) is 9.44. The highest BCUT2D eigenvalue weighted by atomic mass is 33.1. The number of carbonyl (C=O) groups is 3. The first-order chi connectivity index (χ1) is 12.8. The molecule has 5 N–H and O–H groups in total. The molecule has 0 radical (unpaired) electrons. The van der Waals surface area contributed by atoms with Gasteiger partial charge in [-0.3, -0.25) is 9.59 Å². The standard InChI is InChI=1S/C16H20N2O6S3/c17-10(15(21)22)7-27-26-6-5-13(20)18-11(16(23)24)8-25-14(18)9-3-1-2-4-12(9)19/h1-4,10-11,14,19H,5-8,17H2,(H,21,22)(H,23,24)/t10-,11-,14?/m0/s1. The molecule has 1 aliphatic heterocycles. The van der Waals surface area contributed by atoms with Crippen LogP contribution in [0.1, 0.15) is 17.4 Å². The van der Waals surface area contributed by atoms with Gasteiger partial charge in [0.25, 0.3) is 0 Å². The van der Waals surface area contributed by atoms with Crippen molar-refractivity contribution in [2.45, 2.75) is 23.9 Å². The minimum absolute atomic E-state index is 0.0198. The minimum atomic E-state index is -1.08. The normalized spacial score (nSPS) is 20.4. The van der Waals surface area contributed by atoms with E-state index in [2.05, 4.69) is 0 Å². The number of carboxylic acids is 2. The number of carbonyl (C=O) groups excluding carboxylic acids is 1. The molecule has 1 amide bonds. The fraction of sp³-hybridized carbons (Fsp3) is 0.438. The number of hydrogen-bond acceptors (Lipinski definition) is 8. The van der Waals surface area contributed by atoms with E-state index in [1.165, 1.54) is 44.3 Å². The summed E-state index contributed by atoms with van der Waals surface area (Å²) in [6.07, 6.45) is 0.106. The Morgan fingerprint density at radius 3 is 2.59 bits per heavy atom. The van der Waals surface area contributed by atoms with E-state index in [-0.39, 0.29) is 29.6 Å². The summed E-state index contributed by atoms with van der Waals surface area (Å²) >= 11 is 1.30. The van der Waals surface area contributed by atoms with E-state index in [4.69, 9.17) is 10.8 Å². The summed E-state index contributed by atoms with van der Waals surface area (Å²) in [5, 5.41) is 27.7. The zero-order valence-electron chi connectivity index (χ0n) is 14.2. The molecule has 27 heavy (non-hydrogen) atoms. The predicted molar refractivity (Wildman–Crippen MR) is 107 cm³/mol. The highest BCUT2D eigenvalue weighted by Crippen LogP contribution is 2.44. The van der Waals surface area contributed by atoms with Crippen LogP contribution in [0.2, 0.25) is 0 Å². The molecule has 11 heteroatoms. The van der Waals surface area contributed by atoms with Gasteiger partial charge in [0.15, 0.2) is 0 Å². The topological polar surface area (TPSA) is 141 Å². The number of hydrogen-bond donors (Lipinski definition) is 4. The number of aliphatic carboxylic acids is 2. The number of nitrogens with zero attached hydrogens (tertiary/aromatic N) is 1. The molecule has 1 aromatic rings. The van der Waals surface area contributed by atoms with Gasteiger partial charge in [-0.2, -0.15) is 0 Å². The van der Waals surface area contributed by atoms with Gasteiger partial charge in [0.05, 0.1) is 0 Å². The van der Waals surface area contributed by atoms with Gasteiger partial charge < -0.3 is 26.0 Å². The van der Waals surface area contributed by atoms with Crippen molar-refractivity contribution < 1.29 is 29.7 Å².